The fourth-order valence-corrected chi connectivity index (χ4v) is 0.598. The van der Waals surface area contributed by atoms with E-state index in [1.165, 1.54) is 18.4 Å². The van der Waals surface area contributed by atoms with Gasteiger partial charge in [0, 0.05) is 6.07 Å². The number of imide groups is 1. The lowest BCUT2D eigenvalue weighted by Gasteiger charge is -2.04. The zero-order valence-electron chi connectivity index (χ0n) is 5.43. The smallest absolute Gasteiger partial charge is 0.420 e. The minimum atomic E-state index is -1.37. The van der Waals surface area contributed by atoms with Crippen LogP contribution in [0, 0.1) is 0 Å². The van der Waals surface area contributed by atoms with Gasteiger partial charge in [-0.25, -0.2) is 4.79 Å². The van der Waals surface area contributed by atoms with Crippen molar-refractivity contribution in [2.45, 2.75) is 0 Å². The topological polar surface area (TPSA) is 70.8 Å². The first-order valence-corrected chi connectivity index (χ1v) is 2.76. The molecule has 5 heteroatoms. The van der Waals surface area contributed by atoms with Crippen LogP contribution < -0.4 is 4.90 Å². The maximum atomic E-state index is 10.3. The van der Waals surface area contributed by atoms with Crippen molar-refractivity contribution < 1.29 is 19.1 Å². The molecule has 11 heavy (non-hydrogen) atoms. The van der Waals surface area contributed by atoms with Crippen LogP contribution in [0.3, 0.4) is 0 Å². The predicted molar refractivity (Wildman–Crippen MR) is 35.3 cm³/mol. The molecule has 1 heterocycles. The maximum Gasteiger partial charge on any atom is 0.420 e. The molecule has 0 unspecified atom stereocenters. The van der Waals surface area contributed by atoms with Gasteiger partial charge in [0.1, 0.15) is 0 Å². The lowest BCUT2D eigenvalue weighted by Crippen LogP contribution is -2.26. The molecule has 58 valence electrons. The molecule has 1 aromatic heterocycles. The fourth-order valence-electron chi connectivity index (χ4n) is 0.598. The molecule has 0 aliphatic heterocycles. The summed E-state index contributed by atoms with van der Waals surface area (Å²) >= 11 is 0. The highest BCUT2D eigenvalue weighted by Gasteiger charge is 2.14. The Morgan fingerprint density at radius 1 is 1.73 bits per heavy atom. The number of nitrogens with zero attached hydrogens (tertiary/aromatic N) is 1. The Balaban J connectivity index is 2.88. The molecule has 0 fully saturated rings. The molecule has 2 amide bonds. The van der Waals surface area contributed by atoms with Crippen LogP contribution in [0.2, 0.25) is 0 Å². The lowest BCUT2D eigenvalue weighted by atomic mass is 10.6. The van der Waals surface area contributed by atoms with Gasteiger partial charge in [0.25, 0.3) is 0 Å². The number of carboxylic acid groups (broad SMARTS) is 1. The molecule has 0 saturated carbocycles. The first-order chi connectivity index (χ1) is 5.25. The number of hydrogen-bond acceptors (Lipinski definition) is 3. The van der Waals surface area contributed by atoms with Gasteiger partial charge in [0.15, 0.2) is 0 Å². The number of carbonyl (C=O) groups excluding carboxylic acids is 1. The summed E-state index contributed by atoms with van der Waals surface area (Å²) in [5, 5.41) is 8.38. The molecule has 1 N–H and O–H groups in total. The SMILES string of the molecule is O=CN(C(=O)O)c1ccco1. The third-order valence-electron chi connectivity index (χ3n) is 1.06. The number of carbonyl (C=O) groups is 2. The van der Waals surface area contributed by atoms with Crippen LogP contribution in [-0.2, 0) is 4.79 Å². The van der Waals surface area contributed by atoms with E-state index in [0.29, 0.717) is 4.90 Å². The molecule has 0 radical (unpaired) electrons. The van der Waals surface area contributed by atoms with Gasteiger partial charge >= 0.3 is 6.09 Å². The van der Waals surface area contributed by atoms with Gasteiger partial charge < -0.3 is 9.52 Å². The van der Waals surface area contributed by atoms with E-state index in [1.807, 2.05) is 0 Å². The van der Waals surface area contributed by atoms with Crippen LogP contribution in [0.5, 0.6) is 0 Å². The van der Waals surface area contributed by atoms with E-state index in [9.17, 15) is 9.59 Å². The second kappa shape index (κ2) is 2.87. The minimum absolute atomic E-state index is 0.00694. The Morgan fingerprint density at radius 2 is 2.45 bits per heavy atom. The largest absolute Gasteiger partial charge is 0.464 e. The Bertz CT molecular complexity index is 254. The van der Waals surface area contributed by atoms with Crippen molar-refractivity contribution in [3.63, 3.8) is 0 Å². The zero-order valence-corrected chi connectivity index (χ0v) is 5.43. The van der Waals surface area contributed by atoms with Crippen LogP contribution in [0.15, 0.2) is 22.8 Å². The highest BCUT2D eigenvalue weighted by atomic mass is 16.4. The van der Waals surface area contributed by atoms with Gasteiger partial charge in [-0.3, -0.25) is 4.79 Å². The highest BCUT2D eigenvalue weighted by Crippen LogP contribution is 2.11. The summed E-state index contributed by atoms with van der Waals surface area (Å²) in [6.07, 6.45) is 0.0885. The van der Waals surface area contributed by atoms with Crippen molar-refractivity contribution in [2.75, 3.05) is 4.90 Å². The van der Waals surface area contributed by atoms with Gasteiger partial charge in [-0.05, 0) is 6.07 Å². The monoisotopic (exact) mass is 155 g/mol. The molecule has 1 rings (SSSR count). The Labute approximate surface area is 61.8 Å². The fraction of sp³-hybridized carbons (Fsp3) is 0. The Morgan fingerprint density at radius 3 is 2.82 bits per heavy atom. The zero-order chi connectivity index (χ0) is 8.27. The third kappa shape index (κ3) is 1.37. The maximum absolute atomic E-state index is 10.3. The second-order valence-corrected chi connectivity index (χ2v) is 1.71. The molecule has 0 aliphatic rings. The van der Waals surface area contributed by atoms with Crippen molar-refractivity contribution in [3.8, 4) is 0 Å². The van der Waals surface area contributed by atoms with Gasteiger partial charge in [-0.1, -0.05) is 0 Å². The quantitative estimate of drug-likeness (QED) is 0.644. The predicted octanol–water partition coefficient (Wildman–Crippen LogP) is 0.920. The standard InChI is InChI=1S/C6H5NO4/c8-4-7(6(9)10)5-2-1-3-11-5/h1-4H,(H,9,10). The van der Waals surface area contributed by atoms with Crippen LogP contribution in [0.1, 0.15) is 0 Å². The molecule has 1 aromatic rings. The average molecular weight is 155 g/mol. The van der Waals surface area contributed by atoms with E-state index in [-0.39, 0.29) is 12.3 Å². The molecule has 0 spiro atoms. The van der Waals surface area contributed by atoms with Crippen molar-refractivity contribution in [3.05, 3.63) is 18.4 Å². The van der Waals surface area contributed by atoms with Gasteiger partial charge in [0.2, 0.25) is 12.3 Å². The number of anilines is 1. The first-order valence-electron chi connectivity index (χ1n) is 2.76. The summed E-state index contributed by atoms with van der Waals surface area (Å²) in [6.45, 7) is 0. The Kier molecular flexibility index (Phi) is 1.91. The Hall–Kier alpha value is -1.78. The van der Waals surface area contributed by atoms with Crippen molar-refractivity contribution in [1.82, 2.24) is 0 Å². The van der Waals surface area contributed by atoms with E-state index < -0.39 is 6.09 Å². The number of hydrogen-bond donors (Lipinski definition) is 1. The van der Waals surface area contributed by atoms with Gasteiger partial charge in [-0.15, -0.1) is 0 Å². The van der Waals surface area contributed by atoms with Crippen molar-refractivity contribution >= 4 is 18.4 Å². The lowest BCUT2D eigenvalue weighted by molar-refractivity contribution is -0.107. The van der Waals surface area contributed by atoms with Crippen LogP contribution in [0.25, 0.3) is 0 Å². The van der Waals surface area contributed by atoms with Crippen LogP contribution >= 0.6 is 0 Å². The molecule has 5 nitrogen and oxygen atoms in total. The summed E-state index contributed by atoms with van der Waals surface area (Å²) in [6, 6.07) is 2.87. The van der Waals surface area contributed by atoms with Gasteiger partial charge in [-0.2, -0.15) is 4.90 Å². The molecule has 0 aromatic carbocycles. The summed E-state index contributed by atoms with van der Waals surface area (Å²) in [7, 11) is 0. The van der Waals surface area contributed by atoms with Gasteiger partial charge in [0.05, 0.1) is 6.26 Å². The summed E-state index contributed by atoms with van der Waals surface area (Å²) in [4.78, 5) is 20.8. The van der Waals surface area contributed by atoms with Crippen LogP contribution in [0.4, 0.5) is 10.7 Å². The number of rotatable bonds is 2. The third-order valence-corrected chi connectivity index (χ3v) is 1.06. The van der Waals surface area contributed by atoms with Crippen molar-refractivity contribution in [2.24, 2.45) is 0 Å². The number of furan rings is 1. The average Bonchev–Trinajstić information content (AvgIpc) is 2.40. The van der Waals surface area contributed by atoms with E-state index in [4.69, 9.17) is 5.11 Å². The summed E-state index contributed by atoms with van der Waals surface area (Å²) in [5.41, 5.74) is 0. The normalized spacial score (nSPS) is 9.09. The summed E-state index contributed by atoms with van der Waals surface area (Å²) < 4.78 is 4.66. The highest BCUT2D eigenvalue weighted by molar-refractivity contribution is 6.00. The molecular formula is C6H5NO4. The van der Waals surface area contributed by atoms with E-state index in [1.54, 1.807) is 0 Å². The molecule has 0 bridgehead atoms. The van der Waals surface area contributed by atoms with E-state index in [0.717, 1.165) is 0 Å². The molecule has 0 saturated heterocycles. The second-order valence-electron chi connectivity index (χ2n) is 1.71. The van der Waals surface area contributed by atoms with E-state index in [2.05, 4.69) is 4.42 Å². The molecular weight excluding hydrogens is 150 g/mol. The molecule has 0 atom stereocenters. The first kappa shape index (κ1) is 7.33. The van der Waals surface area contributed by atoms with E-state index >= 15 is 0 Å². The van der Waals surface area contributed by atoms with Crippen molar-refractivity contribution in [1.29, 1.82) is 0 Å². The van der Waals surface area contributed by atoms with Crippen LogP contribution in [-0.4, -0.2) is 17.6 Å². The number of amides is 2. The minimum Gasteiger partial charge on any atom is -0.464 e. The summed E-state index contributed by atoms with van der Waals surface area (Å²) in [5.74, 6) is -0.00694. The molecule has 0 aliphatic carbocycles.